The highest BCUT2D eigenvalue weighted by Crippen LogP contribution is 2.29. The van der Waals surface area contributed by atoms with Crippen LogP contribution in [0.2, 0.25) is 4.34 Å². The van der Waals surface area contributed by atoms with Crippen molar-refractivity contribution in [1.82, 2.24) is 0 Å². The van der Waals surface area contributed by atoms with Gasteiger partial charge in [0.25, 0.3) is 0 Å². The topological polar surface area (TPSA) is 0 Å². The van der Waals surface area contributed by atoms with Crippen LogP contribution in [0.15, 0.2) is 24.3 Å². The Morgan fingerprint density at radius 3 is 2.92 bits per heavy atom. The lowest BCUT2D eigenvalue weighted by atomic mass is 10.1. The van der Waals surface area contributed by atoms with Gasteiger partial charge in [0, 0.05) is 4.70 Å². The Morgan fingerprint density at radius 1 is 1.33 bits per heavy atom. The van der Waals surface area contributed by atoms with Crippen molar-refractivity contribution in [2.24, 2.45) is 0 Å². The second kappa shape index (κ2) is 3.08. The van der Waals surface area contributed by atoms with Gasteiger partial charge in [-0.1, -0.05) is 30.7 Å². The number of fused-ring (bicyclic) bond motifs is 1. The van der Waals surface area contributed by atoms with Crippen LogP contribution in [0, 0.1) is 0 Å². The van der Waals surface area contributed by atoms with E-state index in [1.54, 1.807) is 11.3 Å². The van der Waals surface area contributed by atoms with Gasteiger partial charge in [-0.3, -0.25) is 0 Å². The first-order valence-corrected chi connectivity index (χ1v) is 5.17. The van der Waals surface area contributed by atoms with Crippen LogP contribution < -0.4 is 0 Å². The Balaban J connectivity index is 2.66. The fraction of sp³-hybridized carbons (Fsp3) is 0.200. The molecule has 0 fully saturated rings. The summed E-state index contributed by atoms with van der Waals surface area (Å²) in [6.07, 6.45) is 1.09. The normalized spacial score (nSPS) is 10.8. The van der Waals surface area contributed by atoms with Gasteiger partial charge >= 0.3 is 0 Å². The maximum Gasteiger partial charge on any atom is 0.0940 e. The smallest absolute Gasteiger partial charge is 0.0940 e. The molecule has 0 aliphatic rings. The molecule has 1 aromatic carbocycles. The molecule has 0 saturated heterocycles. The second-order valence-electron chi connectivity index (χ2n) is 2.78. The summed E-state index contributed by atoms with van der Waals surface area (Å²) < 4.78 is 2.15. The predicted octanol–water partition coefficient (Wildman–Crippen LogP) is 4.12. The van der Waals surface area contributed by atoms with Gasteiger partial charge in [0.1, 0.15) is 0 Å². The van der Waals surface area contributed by atoms with Crippen molar-refractivity contribution < 1.29 is 0 Å². The number of rotatable bonds is 1. The average molecular weight is 197 g/mol. The number of aryl methyl sites for hydroxylation is 1. The van der Waals surface area contributed by atoms with E-state index in [2.05, 4.69) is 25.1 Å². The summed E-state index contributed by atoms with van der Waals surface area (Å²) >= 11 is 7.53. The van der Waals surface area contributed by atoms with E-state index in [-0.39, 0.29) is 0 Å². The highest BCUT2D eigenvalue weighted by molar-refractivity contribution is 7.22. The zero-order valence-electron chi connectivity index (χ0n) is 6.80. The zero-order chi connectivity index (χ0) is 8.55. The molecule has 2 aromatic rings. The molecule has 0 amide bonds. The molecule has 62 valence electrons. The number of hydrogen-bond acceptors (Lipinski definition) is 1. The van der Waals surface area contributed by atoms with Crippen molar-refractivity contribution in [2.75, 3.05) is 0 Å². The lowest BCUT2D eigenvalue weighted by Gasteiger charge is -1.94. The van der Waals surface area contributed by atoms with E-state index in [0.29, 0.717) is 0 Å². The third-order valence-corrected chi connectivity index (χ3v) is 3.20. The molecule has 0 nitrogen and oxygen atoms in total. The lowest BCUT2D eigenvalue weighted by Crippen LogP contribution is -1.76. The third kappa shape index (κ3) is 1.35. The molecule has 0 unspecified atom stereocenters. The van der Waals surface area contributed by atoms with Gasteiger partial charge in [0.2, 0.25) is 0 Å². The minimum Gasteiger partial charge on any atom is -0.123 e. The van der Waals surface area contributed by atoms with Crippen molar-refractivity contribution in [3.05, 3.63) is 34.2 Å². The molecule has 0 aliphatic carbocycles. The summed E-state index contributed by atoms with van der Waals surface area (Å²) in [4.78, 5) is 0. The molecule has 1 heterocycles. The van der Waals surface area contributed by atoms with Crippen molar-refractivity contribution >= 4 is 33.0 Å². The lowest BCUT2D eigenvalue weighted by molar-refractivity contribution is 1.15. The summed E-state index contributed by atoms with van der Waals surface area (Å²) in [6, 6.07) is 8.54. The van der Waals surface area contributed by atoms with E-state index in [9.17, 15) is 0 Å². The monoisotopic (exact) mass is 196 g/mol. The quantitative estimate of drug-likeness (QED) is 0.644. The van der Waals surface area contributed by atoms with Gasteiger partial charge < -0.3 is 0 Å². The maximum absolute atomic E-state index is 5.90. The van der Waals surface area contributed by atoms with Crippen molar-refractivity contribution in [1.29, 1.82) is 0 Å². The Labute approximate surface area is 80.8 Å². The number of benzene rings is 1. The molecule has 2 heteroatoms. The van der Waals surface area contributed by atoms with Crippen LogP contribution in [0.1, 0.15) is 12.5 Å². The van der Waals surface area contributed by atoms with Crippen LogP contribution in [0.3, 0.4) is 0 Å². The molecule has 0 atom stereocenters. The molecule has 0 radical (unpaired) electrons. The second-order valence-corrected chi connectivity index (χ2v) is 4.49. The van der Waals surface area contributed by atoms with Gasteiger partial charge in [0.05, 0.1) is 4.34 Å². The molecule has 0 aliphatic heterocycles. The Kier molecular flexibility index (Phi) is 2.07. The van der Waals surface area contributed by atoms with Crippen molar-refractivity contribution in [2.45, 2.75) is 13.3 Å². The standard InChI is InChI=1S/C10H9ClS/c1-2-7-3-4-9-8(5-7)6-10(11)12-9/h3-6H,2H2,1H3. The predicted molar refractivity (Wildman–Crippen MR) is 56.2 cm³/mol. The molecular weight excluding hydrogens is 188 g/mol. The van der Waals surface area contributed by atoms with E-state index in [1.165, 1.54) is 15.6 Å². The first-order chi connectivity index (χ1) is 5.79. The molecule has 0 spiro atoms. The van der Waals surface area contributed by atoms with E-state index in [4.69, 9.17) is 11.6 Å². The van der Waals surface area contributed by atoms with Gasteiger partial charge in [-0.2, -0.15) is 0 Å². The van der Waals surface area contributed by atoms with Gasteiger partial charge in [0.15, 0.2) is 0 Å². The fourth-order valence-corrected chi connectivity index (χ4v) is 2.42. The van der Waals surface area contributed by atoms with E-state index < -0.39 is 0 Å². The molecule has 0 N–H and O–H groups in total. The first-order valence-electron chi connectivity index (χ1n) is 3.97. The molecule has 0 bridgehead atoms. The highest BCUT2D eigenvalue weighted by atomic mass is 35.5. The van der Waals surface area contributed by atoms with Crippen LogP contribution in [-0.4, -0.2) is 0 Å². The van der Waals surface area contributed by atoms with Crippen LogP contribution in [-0.2, 0) is 6.42 Å². The van der Waals surface area contributed by atoms with Crippen LogP contribution in [0.4, 0.5) is 0 Å². The summed E-state index contributed by atoms with van der Waals surface area (Å²) in [6.45, 7) is 2.16. The summed E-state index contributed by atoms with van der Waals surface area (Å²) in [5.41, 5.74) is 1.37. The Hall–Kier alpha value is -0.530. The third-order valence-electron chi connectivity index (χ3n) is 1.96. The number of hydrogen-bond donors (Lipinski definition) is 0. The first kappa shape index (κ1) is 8.09. The van der Waals surface area contributed by atoms with Crippen molar-refractivity contribution in [3.8, 4) is 0 Å². The maximum atomic E-state index is 5.90. The SMILES string of the molecule is CCc1ccc2sc(Cl)cc2c1. The largest absolute Gasteiger partial charge is 0.123 e. The van der Waals surface area contributed by atoms with E-state index in [0.717, 1.165) is 10.8 Å². The zero-order valence-corrected chi connectivity index (χ0v) is 8.38. The number of thiophene rings is 1. The molecule has 1 aromatic heterocycles. The van der Waals surface area contributed by atoms with Crippen LogP contribution in [0.5, 0.6) is 0 Å². The van der Waals surface area contributed by atoms with Crippen LogP contribution >= 0.6 is 22.9 Å². The van der Waals surface area contributed by atoms with Crippen molar-refractivity contribution in [3.63, 3.8) is 0 Å². The Morgan fingerprint density at radius 2 is 2.17 bits per heavy atom. The molecule has 12 heavy (non-hydrogen) atoms. The van der Waals surface area contributed by atoms with E-state index >= 15 is 0 Å². The van der Waals surface area contributed by atoms with Crippen LogP contribution in [0.25, 0.3) is 10.1 Å². The average Bonchev–Trinajstić information content (AvgIpc) is 2.43. The molecule has 2 rings (SSSR count). The minimum absolute atomic E-state index is 0.873. The van der Waals surface area contributed by atoms with Gasteiger partial charge in [-0.15, -0.1) is 11.3 Å². The van der Waals surface area contributed by atoms with Gasteiger partial charge in [-0.25, -0.2) is 0 Å². The van der Waals surface area contributed by atoms with Gasteiger partial charge in [-0.05, 0) is 29.5 Å². The summed E-state index contributed by atoms with van der Waals surface area (Å²) in [5.74, 6) is 0. The molecule has 0 saturated carbocycles. The highest BCUT2D eigenvalue weighted by Gasteiger charge is 1.99. The molecular formula is C10H9ClS. The fourth-order valence-electron chi connectivity index (χ4n) is 1.28. The summed E-state index contributed by atoms with van der Waals surface area (Å²) in [5, 5.41) is 1.27. The minimum atomic E-state index is 0.873. The summed E-state index contributed by atoms with van der Waals surface area (Å²) in [7, 11) is 0. The number of halogens is 1. The van der Waals surface area contributed by atoms with E-state index in [1.807, 2.05) is 6.07 Å². The Bertz CT molecular complexity index is 403.